The van der Waals surface area contributed by atoms with Crippen molar-refractivity contribution in [3.05, 3.63) is 70.9 Å². The molecule has 2 unspecified atom stereocenters. The van der Waals surface area contributed by atoms with Crippen molar-refractivity contribution < 1.29 is 43.5 Å². The molecule has 59 heavy (non-hydrogen) atoms. The van der Waals surface area contributed by atoms with Gasteiger partial charge in [-0.15, -0.1) is 0 Å². The summed E-state index contributed by atoms with van der Waals surface area (Å²) in [7, 11) is 6.15. The third kappa shape index (κ3) is 5.20. The van der Waals surface area contributed by atoms with E-state index in [-0.39, 0.29) is 12.0 Å². The van der Waals surface area contributed by atoms with E-state index in [0.29, 0.717) is 82.6 Å². The largest absolute Gasteiger partial charge is 0.496 e. The van der Waals surface area contributed by atoms with Gasteiger partial charge in [0.15, 0.2) is 6.10 Å². The van der Waals surface area contributed by atoms with E-state index < -0.39 is 57.5 Å². The van der Waals surface area contributed by atoms with Gasteiger partial charge in [-0.2, -0.15) is 0 Å². The number of fused-ring (bicyclic) bond motifs is 6. The first-order valence-electron chi connectivity index (χ1n) is 21.2. The normalized spacial score (nSPS) is 37.0. The zero-order chi connectivity index (χ0) is 41.9. The van der Waals surface area contributed by atoms with Gasteiger partial charge in [-0.05, 0) is 74.2 Å². The Balaban J connectivity index is 1.36. The van der Waals surface area contributed by atoms with E-state index in [9.17, 15) is 19.8 Å². The number of hydrogen-bond acceptors (Lipinski definition) is 12. The van der Waals surface area contributed by atoms with Crippen LogP contribution >= 0.6 is 0 Å². The van der Waals surface area contributed by atoms with E-state index in [1.807, 2.05) is 50.1 Å². The predicted octanol–water partition coefficient (Wildman–Crippen LogP) is 3.99. The average molecular weight is 811 g/mol. The highest BCUT2D eigenvalue weighted by Gasteiger charge is 2.80. The monoisotopic (exact) mass is 810 g/mol. The lowest BCUT2D eigenvalue weighted by molar-refractivity contribution is -0.228. The number of piperidine rings is 1. The first kappa shape index (κ1) is 40.0. The summed E-state index contributed by atoms with van der Waals surface area (Å²) in [6, 6.07) is 11.0. The molecule has 5 aliphatic heterocycles. The van der Waals surface area contributed by atoms with Crippen LogP contribution in [0.3, 0.4) is 0 Å². The molecule has 2 saturated heterocycles. The number of nitrogens with zero attached hydrogens (tertiary/aromatic N) is 3. The van der Waals surface area contributed by atoms with E-state index in [0.717, 1.165) is 33.4 Å². The highest BCUT2D eigenvalue weighted by Crippen LogP contribution is 2.68. The van der Waals surface area contributed by atoms with Crippen LogP contribution in [-0.4, -0.2) is 133 Å². The van der Waals surface area contributed by atoms with Crippen molar-refractivity contribution in [2.75, 3.05) is 66.0 Å². The fourth-order valence-corrected chi connectivity index (χ4v) is 13.5. The van der Waals surface area contributed by atoms with Gasteiger partial charge in [-0.25, -0.2) is 4.79 Å². The van der Waals surface area contributed by atoms with Crippen LogP contribution in [0, 0.1) is 11.3 Å². The maximum atomic E-state index is 15.3. The van der Waals surface area contributed by atoms with Crippen LogP contribution in [0.2, 0.25) is 0 Å². The predicted molar refractivity (Wildman–Crippen MR) is 220 cm³/mol. The molecule has 0 amide bonds. The highest BCUT2D eigenvalue weighted by molar-refractivity contribution is 5.95. The molecule has 316 valence electrons. The number of aromatic amines is 1. The van der Waals surface area contributed by atoms with Gasteiger partial charge in [0.25, 0.3) is 0 Å². The van der Waals surface area contributed by atoms with Crippen LogP contribution in [0.5, 0.6) is 5.75 Å². The minimum Gasteiger partial charge on any atom is -0.496 e. The van der Waals surface area contributed by atoms with Gasteiger partial charge in [-0.3, -0.25) is 19.4 Å². The maximum absolute atomic E-state index is 15.3. The van der Waals surface area contributed by atoms with Crippen LogP contribution in [0.1, 0.15) is 75.3 Å². The number of rotatable bonds is 7. The standard InChI is InChI=1S/C46H58N4O9/c1-8-42(54)23-28-24-45(40(52)57-6,36-30(15-19-49(25-28)26-42)29-13-10-11-14-33(29)47-36)32-21-31-34(22-35(32)56-5)48(4)38-44(31)17-20-50-18-12-16-43(9-2,37(44)50)39(59-27(3)51)46(38,55)41(53)58-7/h10-14,16,21-22,28,37-39,47,54-55H,8-9,15,17-20,23-26H2,1-7H3/t28-,37+,38-,39-,42+,43-,44-,45?,46+/m1/s1. The van der Waals surface area contributed by atoms with Crippen LogP contribution < -0.4 is 9.64 Å². The summed E-state index contributed by atoms with van der Waals surface area (Å²) in [6.45, 7) is 8.62. The summed E-state index contributed by atoms with van der Waals surface area (Å²) in [5.74, 6) is -1.56. The van der Waals surface area contributed by atoms with Crippen molar-refractivity contribution in [1.82, 2.24) is 14.8 Å². The number of carbonyl (C=O) groups is 3. The Bertz CT molecular complexity index is 2260. The topological polar surface area (TPSA) is 154 Å². The molecule has 2 aromatic carbocycles. The quantitative estimate of drug-likeness (QED) is 0.180. The molecule has 13 heteroatoms. The number of esters is 3. The number of anilines is 1. The van der Waals surface area contributed by atoms with Crippen LogP contribution in [0.4, 0.5) is 5.69 Å². The fraction of sp³-hybridized carbons (Fsp3) is 0.587. The number of likely N-dealkylation sites (N-methyl/N-ethyl adjacent to an activating group) is 1. The summed E-state index contributed by atoms with van der Waals surface area (Å²) in [5.41, 5.74) is -1.62. The SMILES string of the molecule is CC[C@]1(O)C[C@H]2CN(CCc3c([nH]c4ccccc34)C(C(=O)OC)(c3cc4c(cc3OC)N(C)[C@H]3[C@@](O)(C(=O)OC)[C@H](OC(C)=O)[C@]5(CC)C=CCN6CC[C@]43[C@@H]65)C2)C1. The number of nitrogens with one attached hydrogen (secondary N) is 1. The van der Waals surface area contributed by atoms with Crippen molar-refractivity contribution in [1.29, 1.82) is 0 Å². The Morgan fingerprint density at radius 3 is 2.41 bits per heavy atom. The third-order valence-electron chi connectivity index (χ3n) is 15.6. The Morgan fingerprint density at radius 1 is 0.949 bits per heavy atom. The number of aliphatic hydroxyl groups is 2. The lowest BCUT2D eigenvalue weighted by Crippen LogP contribution is -2.81. The Hall–Kier alpha value is -4.43. The second-order valence-electron chi connectivity index (χ2n) is 18.2. The third-order valence-corrected chi connectivity index (χ3v) is 15.6. The van der Waals surface area contributed by atoms with Crippen LogP contribution in [0.25, 0.3) is 10.9 Å². The smallest absolute Gasteiger partial charge is 0.344 e. The first-order chi connectivity index (χ1) is 28.2. The van der Waals surface area contributed by atoms with Crippen LogP contribution in [-0.2, 0) is 45.8 Å². The molecule has 1 aliphatic carbocycles. The summed E-state index contributed by atoms with van der Waals surface area (Å²) in [5, 5.41) is 26.3. The minimum absolute atomic E-state index is 0.0986. The van der Waals surface area contributed by atoms with Gasteiger partial charge < -0.3 is 39.0 Å². The van der Waals surface area contributed by atoms with E-state index in [4.69, 9.17) is 18.9 Å². The summed E-state index contributed by atoms with van der Waals surface area (Å²) in [6.07, 6.45) is 5.94. The molecule has 1 aromatic heterocycles. The Labute approximate surface area is 345 Å². The number of benzene rings is 2. The molecule has 3 fully saturated rings. The van der Waals surface area contributed by atoms with Crippen molar-refractivity contribution in [3.63, 3.8) is 0 Å². The molecular formula is C46H58N4O9. The molecule has 2 bridgehead atoms. The first-order valence-corrected chi connectivity index (χ1v) is 21.2. The number of ether oxygens (including phenoxy) is 4. The van der Waals surface area contributed by atoms with Crippen molar-refractivity contribution in [2.24, 2.45) is 11.3 Å². The number of methoxy groups -OCH3 is 3. The molecule has 1 spiro atoms. The lowest BCUT2D eigenvalue weighted by atomic mass is 9.47. The molecule has 13 nitrogen and oxygen atoms in total. The Kier molecular flexibility index (Phi) is 9.36. The molecule has 10 atom stereocenters. The molecule has 1 saturated carbocycles. The van der Waals surface area contributed by atoms with E-state index in [1.165, 1.54) is 21.1 Å². The van der Waals surface area contributed by atoms with Gasteiger partial charge in [0.2, 0.25) is 5.60 Å². The fourth-order valence-electron chi connectivity index (χ4n) is 13.5. The zero-order valence-electron chi connectivity index (χ0n) is 35.3. The second kappa shape index (κ2) is 13.8. The highest BCUT2D eigenvalue weighted by atomic mass is 16.6. The van der Waals surface area contributed by atoms with Crippen LogP contribution in [0.15, 0.2) is 48.6 Å². The van der Waals surface area contributed by atoms with Crippen molar-refractivity contribution in [3.8, 4) is 5.75 Å². The summed E-state index contributed by atoms with van der Waals surface area (Å²) in [4.78, 5) is 53.2. The van der Waals surface area contributed by atoms with Gasteiger partial charge in [-0.1, -0.05) is 44.2 Å². The molecule has 9 rings (SSSR count). The number of hydrogen-bond donors (Lipinski definition) is 3. The lowest BCUT2D eigenvalue weighted by Gasteiger charge is -2.63. The van der Waals surface area contributed by atoms with Crippen molar-refractivity contribution in [2.45, 2.75) is 99.5 Å². The average Bonchev–Trinajstić information content (AvgIpc) is 3.90. The van der Waals surface area contributed by atoms with Gasteiger partial charge in [0.05, 0.1) is 33.0 Å². The zero-order valence-corrected chi connectivity index (χ0v) is 35.3. The molecule has 6 aliphatic rings. The van der Waals surface area contributed by atoms with Gasteiger partial charge in [0.1, 0.15) is 11.2 Å². The molecule has 0 radical (unpaired) electrons. The molecule has 3 N–H and O–H groups in total. The molecule has 3 aromatic rings. The van der Waals surface area contributed by atoms with E-state index in [2.05, 4.69) is 39.1 Å². The van der Waals surface area contributed by atoms with Gasteiger partial charge in [0, 0.05) is 90.9 Å². The maximum Gasteiger partial charge on any atom is 0.344 e. The van der Waals surface area contributed by atoms with E-state index >= 15 is 4.79 Å². The second-order valence-corrected chi connectivity index (χ2v) is 18.2. The Morgan fingerprint density at radius 2 is 1.71 bits per heavy atom. The van der Waals surface area contributed by atoms with E-state index in [1.54, 1.807) is 7.11 Å². The number of aromatic nitrogens is 1. The van der Waals surface area contributed by atoms with Gasteiger partial charge >= 0.3 is 17.9 Å². The number of carbonyl (C=O) groups excluding carboxylic acids is 3. The number of H-pyrrole nitrogens is 1. The summed E-state index contributed by atoms with van der Waals surface area (Å²) >= 11 is 0. The molecule has 6 heterocycles. The summed E-state index contributed by atoms with van der Waals surface area (Å²) < 4.78 is 23.9. The van der Waals surface area contributed by atoms with Crippen molar-refractivity contribution >= 4 is 34.5 Å². The minimum atomic E-state index is -2.30. The number of para-hydroxylation sites is 1. The molecular weight excluding hydrogens is 753 g/mol.